The summed E-state index contributed by atoms with van der Waals surface area (Å²) in [6.45, 7) is 8.67. The van der Waals surface area contributed by atoms with Crippen LogP contribution >= 0.6 is 0 Å². The molecule has 7 nitrogen and oxygen atoms in total. The number of hydrogen-bond donors (Lipinski definition) is 2. The molecule has 1 aliphatic heterocycles. The Morgan fingerprint density at radius 3 is 2.66 bits per heavy atom. The van der Waals surface area contributed by atoms with Crippen molar-refractivity contribution in [3.05, 3.63) is 53.2 Å². The molecule has 0 spiro atoms. The summed E-state index contributed by atoms with van der Waals surface area (Å²) < 4.78 is 13.1. The molecule has 2 heterocycles. The summed E-state index contributed by atoms with van der Waals surface area (Å²) >= 11 is 0. The molecule has 1 aliphatic rings. The van der Waals surface area contributed by atoms with Gasteiger partial charge < -0.3 is 15.5 Å². The van der Waals surface area contributed by atoms with E-state index in [-0.39, 0.29) is 29.2 Å². The van der Waals surface area contributed by atoms with Crippen LogP contribution in [0.1, 0.15) is 55.4 Å². The van der Waals surface area contributed by atoms with Crippen LogP contribution in [0.3, 0.4) is 0 Å². The lowest BCUT2D eigenvalue weighted by Gasteiger charge is -2.40. The molecule has 0 aliphatic carbocycles. The summed E-state index contributed by atoms with van der Waals surface area (Å²) in [6.07, 6.45) is 1.43. The predicted molar refractivity (Wildman–Crippen MR) is 108 cm³/mol. The highest BCUT2D eigenvalue weighted by molar-refractivity contribution is 5.98. The molecular formula is C21H26FN5O2. The number of carbonyl (C=O) groups excluding carboxylic acids is 2. The standard InChI is InChI=1S/C21H26FN5O2/c1-13(2)17-18(24-11-14-5-7-15(22)8-6-14)25-12-16(26-17)19(28)27-10-9-23-20(29)21(27,3)4/h5-8,12-13H,9-11H2,1-4H3,(H,23,29)(H,24,25). The Hall–Kier alpha value is -3.03. The zero-order chi connectivity index (χ0) is 21.2. The molecule has 0 bridgehead atoms. The third-order valence-corrected chi connectivity index (χ3v) is 5.04. The van der Waals surface area contributed by atoms with E-state index in [4.69, 9.17) is 0 Å². The number of amides is 2. The van der Waals surface area contributed by atoms with Gasteiger partial charge >= 0.3 is 0 Å². The number of benzene rings is 1. The van der Waals surface area contributed by atoms with Crippen molar-refractivity contribution in [1.82, 2.24) is 20.2 Å². The molecule has 1 aromatic heterocycles. The molecule has 1 aromatic carbocycles. The highest BCUT2D eigenvalue weighted by Gasteiger charge is 2.41. The SMILES string of the molecule is CC(C)c1nc(C(=O)N2CCNC(=O)C2(C)C)cnc1NCc1ccc(F)cc1. The van der Waals surface area contributed by atoms with Crippen LogP contribution in [-0.2, 0) is 11.3 Å². The fourth-order valence-electron chi connectivity index (χ4n) is 3.23. The number of aromatic nitrogens is 2. The van der Waals surface area contributed by atoms with Gasteiger partial charge in [0.25, 0.3) is 5.91 Å². The highest BCUT2D eigenvalue weighted by atomic mass is 19.1. The third kappa shape index (κ3) is 4.36. The van der Waals surface area contributed by atoms with Crippen LogP contribution in [0.5, 0.6) is 0 Å². The van der Waals surface area contributed by atoms with E-state index in [1.807, 2.05) is 13.8 Å². The maximum atomic E-state index is 13.1. The molecule has 8 heteroatoms. The fourth-order valence-corrected chi connectivity index (χ4v) is 3.23. The lowest BCUT2D eigenvalue weighted by molar-refractivity contribution is -0.133. The molecule has 0 unspecified atom stereocenters. The summed E-state index contributed by atoms with van der Waals surface area (Å²) in [5, 5.41) is 6.00. The van der Waals surface area contributed by atoms with Crippen molar-refractivity contribution in [2.75, 3.05) is 18.4 Å². The average molecular weight is 399 g/mol. The fraction of sp³-hybridized carbons (Fsp3) is 0.429. The van der Waals surface area contributed by atoms with Crippen LogP contribution in [-0.4, -0.2) is 45.3 Å². The molecule has 0 saturated carbocycles. The summed E-state index contributed by atoms with van der Waals surface area (Å²) in [6, 6.07) is 6.22. The number of nitrogens with one attached hydrogen (secondary N) is 2. The lowest BCUT2D eigenvalue weighted by atomic mass is 9.98. The van der Waals surface area contributed by atoms with Crippen molar-refractivity contribution in [3.63, 3.8) is 0 Å². The van der Waals surface area contributed by atoms with Gasteiger partial charge in [-0.15, -0.1) is 0 Å². The van der Waals surface area contributed by atoms with Gasteiger partial charge in [-0.05, 0) is 37.5 Å². The molecular weight excluding hydrogens is 373 g/mol. The van der Waals surface area contributed by atoms with Gasteiger partial charge in [0.2, 0.25) is 5.91 Å². The number of anilines is 1. The lowest BCUT2D eigenvalue weighted by Crippen LogP contribution is -2.63. The first kappa shape index (κ1) is 20.7. The number of carbonyl (C=O) groups is 2. The van der Waals surface area contributed by atoms with E-state index in [1.165, 1.54) is 23.2 Å². The van der Waals surface area contributed by atoms with E-state index in [1.54, 1.807) is 26.0 Å². The maximum Gasteiger partial charge on any atom is 0.275 e. The highest BCUT2D eigenvalue weighted by Crippen LogP contribution is 2.24. The molecule has 0 atom stereocenters. The Morgan fingerprint density at radius 1 is 1.31 bits per heavy atom. The van der Waals surface area contributed by atoms with Gasteiger partial charge in [0, 0.05) is 19.6 Å². The summed E-state index contributed by atoms with van der Waals surface area (Å²) in [5.41, 5.74) is 0.833. The number of rotatable bonds is 5. The Morgan fingerprint density at radius 2 is 2.00 bits per heavy atom. The first-order valence-electron chi connectivity index (χ1n) is 9.65. The zero-order valence-corrected chi connectivity index (χ0v) is 17.1. The number of nitrogens with zero attached hydrogens (tertiary/aromatic N) is 3. The third-order valence-electron chi connectivity index (χ3n) is 5.04. The van der Waals surface area contributed by atoms with Crippen LogP contribution in [0.2, 0.25) is 0 Å². The van der Waals surface area contributed by atoms with Crippen molar-refractivity contribution in [2.45, 2.75) is 45.7 Å². The number of halogens is 1. The van der Waals surface area contributed by atoms with E-state index < -0.39 is 5.54 Å². The van der Waals surface area contributed by atoms with Gasteiger partial charge in [0.05, 0.1) is 11.9 Å². The molecule has 1 fully saturated rings. The number of hydrogen-bond acceptors (Lipinski definition) is 5. The minimum Gasteiger partial charge on any atom is -0.364 e. The molecule has 154 valence electrons. The quantitative estimate of drug-likeness (QED) is 0.807. The summed E-state index contributed by atoms with van der Waals surface area (Å²) in [4.78, 5) is 35.7. The first-order chi connectivity index (χ1) is 13.7. The molecule has 2 N–H and O–H groups in total. The molecule has 0 radical (unpaired) electrons. The van der Waals surface area contributed by atoms with Crippen LogP contribution in [0.15, 0.2) is 30.5 Å². The monoisotopic (exact) mass is 399 g/mol. The van der Waals surface area contributed by atoms with E-state index in [0.717, 1.165) is 5.56 Å². The minimum atomic E-state index is -0.950. The second-order valence-electron chi connectivity index (χ2n) is 7.90. The second-order valence-corrected chi connectivity index (χ2v) is 7.90. The van der Waals surface area contributed by atoms with E-state index >= 15 is 0 Å². The molecule has 1 saturated heterocycles. The van der Waals surface area contributed by atoms with Crippen molar-refractivity contribution in [1.29, 1.82) is 0 Å². The topological polar surface area (TPSA) is 87.2 Å². The van der Waals surface area contributed by atoms with E-state index in [9.17, 15) is 14.0 Å². The Kier molecular flexibility index (Phi) is 5.81. The molecule has 29 heavy (non-hydrogen) atoms. The van der Waals surface area contributed by atoms with Gasteiger partial charge in [0.1, 0.15) is 22.9 Å². The zero-order valence-electron chi connectivity index (χ0n) is 17.1. The summed E-state index contributed by atoms with van der Waals surface area (Å²) in [5.74, 6) is -0.176. The van der Waals surface area contributed by atoms with Crippen LogP contribution in [0, 0.1) is 5.82 Å². The van der Waals surface area contributed by atoms with E-state index in [2.05, 4.69) is 20.6 Å². The maximum absolute atomic E-state index is 13.1. The van der Waals surface area contributed by atoms with Crippen molar-refractivity contribution >= 4 is 17.6 Å². The molecule has 2 amide bonds. The number of piperazine rings is 1. The Balaban J connectivity index is 1.82. The molecule has 2 aromatic rings. The van der Waals surface area contributed by atoms with Gasteiger partial charge in [0.15, 0.2) is 0 Å². The van der Waals surface area contributed by atoms with Gasteiger partial charge in [-0.3, -0.25) is 9.59 Å². The predicted octanol–water partition coefficient (Wildman–Crippen LogP) is 2.70. The molecule has 3 rings (SSSR count). The van der Waals surface area contributed by atoms with Crippen molar-refractivity contribution in [2.24, 2.45) is 0 Å². The Labute approximate surface area is 169 Å². The summed E-state index contributed by atoms with van der Waals surface area (Å²) in [7, 11) is 0. The average Bonchev–Trinajstić information content (AvgIpc) is 2.69. The smallest absolute Gasteiger partial charge is 0.275 e. The largest absolute Gasteiger partial charge is 0.364 e. The first-order valence-corrected chi connectivity index (χ1v) is 9.65. The normalized spacial score (nSPS) is 15.9. The van der Waals surface area contributed by atoms with Crippen LogP contribution in [0.4, 0.5) is 10.2 Å². The van der Waals surface area contributed by atoms with Gasteiger partial charge in [-0.1, -0.05) is 26.0 Å². The van der Waals surface area contributed by atoms with Crippen LogP contribution < -0.4 is 10.6 Å². The minimum absolute atomic E-state index is 0.0311. The van der Waals surface area contributed by atoms with Gasteiger partial charge in [-0.25, -0.2) is 14.4 Å². The Bertz CT molecular complexity index is 912. The van der Waals surface area contributed by atoms with Crippen molar-refractivity contribution < 1.29 is 14.0 Å². The van der Waals surface area contributed by atoms with Gasteiger partial charge in [-0.2, -0.15) is 0 Å². The second kappa shape index (κ2) is 8.14. The van der Waals surface area contributed by atoms with Crippen LogP contribution in [0.25, 0.3) is 0 Å². The van der Waals surface area contributed by atoms with Crippen molar-refractivity contribution in [3.8, 4) is 0 Å². The van der Waals surface area contributed by atoms with E-state index in [0.29, 0.717) is 31.1 Å².